The van der Waals surface area contributed by atoms with Crippen LogP contribution in [0, 0.1) is 0 Å². The fourth-order valence-corrected chi connectivity index (χ4v) is 2.61. The van der Waals surface area contributed by atoms with Crippen LogP contribution in [0.15, 0.2) is 54.6 Å². The van der Waals surface area contributed by atoms with Gasteiger partial charge in [0.2, 0.25) is 0 Å². The van der Waals surface area contributed by atoms with Crippen molar-refractivity contribution in [2.24, 2.45) is 0 Å². The van der Waals surface area contributed by atoms with E-state index in [4.69, 9.17) is 9.47 Å². The SMILES string of the molecule is CN(C(=O)OCc1ccccc1)[C@@H](Cc1ccc(OC(C)(C)C)cc1)C(=O)O. The first kappa shape index (κ1) is 21.3. The molecule has 0 aromatic heterocycles. The summed E-state index contributed by atoms with van der Waals surface area (Å²) in [6, 6.07) is 15.4. The minimum Gasteiger partial charge on any atom is -0.488 e. The number of carbonyl (C=O) groups is 2. The molecule has 6 nitrogen and oxygen atoms in total. The number of carboxylic acids is 1. The first-order valence-electron chi connectivity index (χ1n) is 9.10. The minimum atomic E-state index is -1.09. The molecule has 1 atom stereocenters. The van der Waals surface area contributed by atoms with Gasteiger partial charge in [-0.05, 0) is 44.0 Å². The molecule has 0 spiro atoms. The largest absolute Gasteiger partial charge is 0.488 e. The van der Waals surface area contributed by atoms with Crippen molar-refractivity contribution in [2.45, 2.75) is 45.4 Å². The van der Waals surface area contributed by atoms with Crippen LogP contribution in [0.3, 0.4) is 0 Å². The van der Waals surface area contributed by atoms with Crippen molar-refractivity contribution in [3.63, 3.8) is 0 Å². The Morgan fingerprint density at radius 3 is 2.14 bits per heavy atom. The zero-order valence-corrected chi connectivity index (χ0v) is 16.7. The van der Waals surface area contributed by atoms with E-state index < -0.39 is 18.1 Å². The lowest BCUT2D eigenvalue weighted by Crippen LogP contribution is -2.44. The standard InChI is InChI=1S/C22H27NO5/c1-22(2,3)28-18-12-10-16(11-13-18)14-19(20(24)25)23(4)21(26)27-15-17-8-6-5-7-9-17/h5-13,19H,14-15H2,1-4H3,(H,24,25)/t19-/m0/s1. The Labute approximate surface area is 165 Å². The van der Waals surface area contributed by atoms with E-state index in [0.717, 1.165) is 16.0 Å². The number of benzene rings is 2. The van der Waals surface area contributed by atoms with Gasteiger partial charge < -0.3 is 14.6 Å². The molecule has 0 fully saturated rings. The van der Waals surface area contributed by atoms with Crippen LogP contribution in [0.1, 0.15) is 31.9 Å². The summed E-state index contributed by atoms with van der Waals surface area (Å²) in [4.78, 5) is 25.1. The summed E-state index contributed by atoms with van der Waals surface area (Å²) in [6.45, 7) is 5.96. The Hall–Kier alpha value is -3.02. The number of aliphatic carboxylic acids is 1. The number of nitrogens with zero attached hydrogens (tertiary/aromatic N) is 1. The zero-order chi connectivity index (χ0) is 20.7. The molecular weight excluding hydrogens is 358 g/mol. The maximum atomic E-state index is 12.3. The smallest absolute Gasteiger partial charge is 0.410 e. The van der Waals surface area contributed by atoms with E-state index in [2.05, 4.69) is 0 Å². The molecule has 2 aromatic rings. The van der Waals surface area contributed by atoms with Crippen molar-refractivity contribution >= 4 is 12.1 Å². The number of hydrogen-bond acceptors (Lipinski definition) is 4. The van der Waals surface area contributed by atoms with Gasteiger partial charge in [0.25, 0.3) is 0 Å². The molecule has 1 N–H and O–H groups in total. The van der Waals surface area contributed by atoms with Crippen LogP contribution in [0.2, 0.25) is 0 Å². The molecule has 0 heterocycles. The van der Waals surface area contributed by atoms with Gasteiger partial charge in [0.05, 0.1) is 0 Å². The summed E-state index contributed by atoms with van der Waals surface area (Å²) in [5, 5.41) is 9.57. The highest BCUT2D eigenvalue weighted by Crippen LogP contribution is 2.20. The van der Waals surface area contributed by atoms with Gasteiger partial charge in [-0.1, -0.05) is 42.5 Å². The van der Waals surface area contributed by atoms with Crippen LogP contribution < -0.4 is 4.74 Å². The number of likely N-dealkylation sites (N-methyl/N-ethyl adjacent to an activating group) is 1. The van der Waals surface area contributed by atoms with E-state index >= 15 is 0 Å². The van der Waals surface area contributed by atoms with Gasteiger partial charge in [-0.15, -0.1) is 0 Å². The van der Waals surface area contributed by atoms with Crippen molar-refractivity contribution in [2.75, 3.05) is 7.05 Å². The summed E-state index contributed by atoms with van der Waals surface area (Å²) in [5.74, 6) is -0.382. The molecular formula is C22H27NO5. The van der Waals surface area contributed by atoms with Crippen LogP contribution >= 0.6 is 0 Å². The van der Waals surface area contributed by atoms with E-state index in [1.165, 1.54) is 7.05 Å². The van der Waals surface area contributed by atoms with Crippen molar-refractivity contribution < 1.29 is 24.2 Å². The first-order valence-corrected chi connectivity index (χ1v) is 9.10. The third-order valence-electron chi connectivity index (χ3n) is 4.02. The van der Waals surface area contributed by atoms with Crippen LogP contribution in [-0.4, -0.2) is 40.8 Å². The fourth-order valence-electron chi connectivity index (χ4n) is 2.61. The number of carbonyl (C=O) groups excluding carboxylic acids is 1. The second-order valence-corrected chi connectivity index (χ2v) is 7.57. The average molecular weight is 385 g/mol. The maximum Gasteiger partial charge on any atom is 0.410 e. The lowest BCUT2D eigenvalue weighted by molar-refractivity contribution is -0.142. The Kier molecular flexibility index (Phi) is 7.04. The van der Waals surface area contributed by atoms with Crippen molar-refractivity contribution in [3.05, 3.63) is 65.7 Å². The molecule has 0 saturated heterocycles. The maximum absolute atomic E-state index is 12.3. The molecule has 0 aliphatic heterocycles. The highest BCUT2D eigenvalue weighted by atomic mass is 16.6. The summed E-state index contributed by atoms with van der Waals surface area (Å²) in [5.41, 5.74) is 1.32. The fraction of sp³-hybridized carbons (Fsp3) is 0.364. The van der Waals surface area contributed by atoms with Gasteiger partial charge in [0, 0.05) is 13.5 Å². The van der Waals surface area contributed by atoms with E-state index in [1.54, 1.807) is 24.3 Å². The number of rotatable bonds is 7. The number of ether oxygens (including phenoxy) is 2. The topological polar surface area (TPSA) is 76.1 Å². The predicted octanol–water partition coefficient (Wildman–Crippen LogP) is 4.13. The predicted molar refractivity (Wildman–Crippen MR) is 106 cm³/mol. The Bertz CT molecular complexity index is 781. The summed E-state index contributed by atoms with van der Waals surface area (Å²) in [6.07, 6.45) is -0.508. The van der Waals surface area contributed by atoms with E-state index in [0.29, 0.717) is 5.75 Å². The highest BCUT2D eigenvalue weighted by Gasteiger charge is 2.28. The number of carboxylic acid groups (broad SMARTS) is 1. The molecule has 0 unspecified atom stereocenters. The van der Waals surface area contributed by atoms with Gasteiger partial charge in [-0.25, -0.2) is 9.59 Å². The van der Waals surface area contributed by atoms with E-state index in [9.17, 15) is 14.7 Å². The lowest BCUT2D eigenvalue weighted by Gasteiger charge is -2.25. The number of amides is 1. The summed E-state index contributed by atoms with van der Waals surface area (Å²) >= 11 is 0. The van der Waals surface area contributed by atoms with Gasteiger partial charge in [0.15, 0.2) is 0 Å². The molecule has 0 radical (unpaired) electrons. The zero-order valence-electron chi connectivity index (χ0n) is 16.7. The minimum absolute atomic E-state index is 0.0925. The monoisotopic (exact) mass is 385 g/mol. The molecule has 6 heteroatoms. The Morgan fingerprint density at radius 2 is 1.61 bits per heavy atom. The quantitative estimate of drug-likeness (QED) is 0.776. The molecule has 0 aliphatic carbocycles. The van der Waals surface area contributed by atoms with Crippen molar-refractivity contribution in [1.29, 1.82) is 0 Å². The molecule has 2 aromatic carbocycles. The normalized spacial score (nSPS) is 12.1. The first-order chi connectivity index (χ1) is 13.2. The van der Waals surface area contributed by atoms with Gasteiger partial charge in [0.1, 0.15) is 24.0 Å². The molecule has 1 amide bonds. The Morgan fingerprint density at radius 1 is 1.00 bits per heavy atom. The van der Waals surface area contributed by atoms with E-state index in [-0.39, 0.29) is 18.6 Å². The van der Waals surface area contributed by atoms with Crippen molar-refractivity contribution in [1.82, 2.24) is 4.90 Å². The molecule has 28 heavy (non-hydrogen) atoms. The molecule has 0 saturated carbocycles. The molecule has 150 valence electrons. The van der Waals surface area contributed by atoms with Crippen LogP contribution in [0.5, 0.6) is 5.75 Å². The van der Waals surface area contributed by atoms with Gasteiger partial charge >= 0.3 is 12.1 Å². The number of hydrogen-bond donors (Lipinski definition) is 1. The van der Waals surface area contributed by atoms with E-state index in [1.807, 2.05) is 51.1 Å². The summed E-state index contributed by atoms with van der Waals surface area (Å²) in [7, 11) is 1.43. The molecule has 2 rings (SSSR count). The lowest BCUT2D eigenvalue weighted by atomic mass is 10.0. The van der Waals surface area contributed by atoms with Gasteiger partial charge in [-0.3, -0.25) is 4.90 Å². The second kappa shape index (κ2) is 9.26. The Balaban J connectivity index is 1.99. The van der Waals surface area contributed by atoms with Crippen LogP contribution in [0.4, 0.5) is 4.79 Å². The highest BCUT2D eigenvalue weighted by molar-refractivity contribution is 5.80. The van der Waals surface area contributed by atoms with Gasteiger partial charge in [-0.2, -0.15) is 0 Å². The molecule has 0 bridgehead atoms. The molecule has 0 aliphatic rings. The third-order valence-corrected chi connectivity index (χ3v) is 4.02. The summed E-state index contributed by atoms with van der Waals surface area (Å²) < 4.78 is 11.0. The van der Waals surface area contributed by atoms with Crippen molar-refractivity contribution in [3.8, 4) is 5.75 Å². The van der Waals surface area contributed by atoms with Crippen LogP contribution in [-0.2, 0) is 22.6 Å². The van der Waals surface area contributed by atoms with Crippen LogP contribution in [0.25, 0.3) is 0 Å². The average Bonchev–Trinajstić information content (AvgIpc) is 2.64. The second-order valence-electron chi connectivity index (χ2n) is 7.57. The third kappa shape index (κ3) is 6.61.